The minimum Gasteiger partial charge on any atom is -0.351 e. The summed E-state index contributed by atoms with van der Waals surface area (Å²) in [5.74, 6) is -0.339. The van der Waals surface area contributed by atoms with Crippen LogP contribution in [0, 0.1) is 5.82 Å². The van der Waals surface area contributed by atoms with E-state index >= 15 is 0 Å². The molecule has 6 heteroatoms. The summed E-state index contributed by atoms with van der Waals surface area (Å²) in [5.41, 5.74) is 8.01. The number of carbonyl (C=O) groups excluding carboxylic acids is 1. The second kappa shape index (κ2) is 7.08. The summed E-state index contributed by atoms with van der Waals surface area (Å²) in [6.45, 7) is 0.454. The molecule has 0 radical (unpaired) electrons. The largest absolute Gasteiger partial charge is 0.351 e. The topological polar surface area (TPSA) is 53.2 Å². The fourth-order valence-electron chi connectivity index (χ4n) is 2.56. The van der Waals surface area contributed by atoms with Crippen LogP contribution in [0.15, 0.2) is 48.5 Å². The second-order valence-electron chi connectivity index (χ2n) is 5.53. The SMILES string of the molecule is O=C(NCc1ccc(Cl)cc1)C1CC(c2ccc(F)cc2)NN1. The molecule has 23 heavy (non-hydrogen) atoms. The van der Waals surface area contributed by atoms with Crippen molar-refractivity contribution < 1.29 is 9.18 Å². The number of hydrogen-bond acceptors (Lipinski definition) is 3. The quantitative estimate of drug-likeness (QED) is 0.806. The molecule has 1 amide bonds. The maximum Gasteiger partial charge on any atom is 0.238 e. The fraction of sp³-hybridized carbons (Fsp3) is 0.235. The van der Waals surface area contributed by atoms with E-state index < -0.39 is 0 Å². The molecule has 0 bridgehead atoms. The van der Waals surface area contributed by atoms with Gasteiger partial charge in [-0.25, -0.2) is 15.2 Å². The van der Waals surface area contributed by atoms with Gasteiger partial charge in [0.2, 0.25) is 5.91 Å². The van der Waals surface area contributed by atoms with Crippen LogP contribution in [0.25, 0.3) is 0 Å². The van der Waals surface area contributed by atoms with Crippen LogP contribution in [-0.2, 0) is 11.3 Å². The van der Waals surface area contributed by atoms with Crippen molar-refractivity contribution in [3.05, 3.63) is 70.5 Å². The summed E-state index contributed by atoms with van der Waals surface area (Å²) < 4.78 is 13.0. The summed E-state index contributed by atoms with van der Waals surface area (Å²) >= 11 is 5.83. The third kappa shape index (κ3) is 4.07. The van der Waals surface area contributed by atoms with Gasteiger partial charge in [-0.15, -0.1) is 0 Å². The zero-order valence-corrected chi connectivity index (χ0v) is 13.1. The van der Waals surface area contributed by atoms with Gasteiger partial charge in [0.1, 0.15) is 11.9 Å². The Morgan fingerprint density at radius 2 is 1.83 bits per heavy atom. The number of benzene rings is 2. The van der Waals surface area contributed by atoms with E-state index in [4.69, 9.17) is 11.6 Å². The number of nitrogens with one attached hydrogen (secondary N) is 3. The molecular weight excluding hydrogens is 317 g/mol. The molecule has 0 spiro atoms. The number of halogens is 2. The molecule has 2 unspecified atom stereocenters. The summed E-state index contributed by atoms with van der Waals surface area (Å²) in [6.07, 6.45) is 0.609. The van der Waals surface area contributed by atoms with Crippen LogP contribution in [0.3, 0.4) is 0 Å². The molecule has 1 fully saturated rings. The normalized spacial score (nSPS) is 20.4. The first-order chi connectivity index (χ1) is 11.1. The van der Waals surface area contributed by atoms with E-state index in [1.807, 2.05) is 12.1 Å². The van der Waals surface area contributed by atoms with Gasteiger partial charge < -0.3 is 5.32 Å². The van der Waals surface area contributed by atoms with Gasteiger partial charge in [-0.05, 0) is 41.8 Å². The van der Waals surface area contributed by atoms with Crippen LogP contribution >= 0.6 is 11.6 Å². The molecule has 2 atom stereocenters. The fourth-order valence-corrected chi connectivity index (χ4v) is 2.68. The maximum absolute atomic E-state index is 13.0. The summed E-state index contributed by atoms with van der Waals surface area (Å²) in [4.78, 5) is 12.2. The molecule has 0 aliphatic carbocycles. The smallest absolute Gasteiger partial charge is 0.238 e. The molecule has 120 valence electrons. The van der Waals surface area contributed by atoms with Crippen molar-refractivity contribution in [1.82, 2.24) is 16.2 Å². The summed E-state index contributed by atoms with van der Waals surface area (Å²) in [7, 11) is 0. The molecule has 0 aromatic heterocycles. The van der Waals surface area contributed by atoms with Gasteiger partial charge in [0.25, 0.3) is 0 Å². The highest BCUT2D eigenvalue weighted by Gasteiger charge is 2.29. The standard InChI is InChI=1S/C17H17ClFN3O/c18-13-5-1-11(2-6-13)10-20-17(23)16-9-15(21-22-16)12-3-7-14(19)8-4-12/h1-8,15-16,21-22H,9-10H2,(H,20,23). The lowest BCUT2D eigenvalue weighted by atomic mass is 10.0. The molecule has 1 saturated heterocycles. The first kappa shape index (κ1) is 15.9. The summed E-state index contributed by atoms with van der Waals surface area (Å²) in [6, 6.07) is 13.3. The van der Waals surface area contributed by atoms with Crippen LogP contribution in [0.2, 0.25) is 5.02 Å². The average molecular weight is 334 g/mol. The number of amides is 1. The molecule has 0 saturated carbocycles. The Balaban J connectivity index is 1.53. The molecule has 4 nitrogen and oxygen atoms in total. The average Bonchev–Trinajstić information content (AvgIpc) is 3.05. The predicted molar refractivity (Wildman–Crippen MR) is 87.1 cm³/mol. The van der Waals surface area contributed by atoms with Crippen molar-refractivity contribution >= 4 is 17.5 Å². The van der Waals surface area contributed by atoms with Gasteiger partial charge >= 0.3 is 0 Å². The van der Waals surface area contributed by atoms with Crippen molar-refractivity contribution in [3.8, 4) is 0 Å². The van der Waals surface area contributed by atoms with E-state index in [1.165, 1.54) is 12.1 Å². The zero-order valence-electron chi connectivity index (χ0n) is 12.4. The highest BCUT2D eigenvalue weighted by molar-refractivity contribution is 6.30. The number of hydrazine groups is 1. The van der Waals surface area contributed by atoms with Crippen LogP contribution < -0.4 is 16.2 Å². The van der Waals surface area contributed by atoms with Gasteiger partial charge in [0.15, 0.2) is 0 Å². The van der Waals surface area contributed by atoms with Gasteiger partial charge in [-0.3, -0.25) is 4.79 Å². The van der Waals surface area contributed by atoms with E-state index in [1.54, 1.807) is 24.3 Å². The lowest BCUT2D eigenvalue weighted by Crippen LogP contribution is -2.42. The molecule has 1 aliphatic heterocycles. The first-order valence-corrected chi connectivity index (χ1v) is 7.78. The Kier molecular flexibility index (Phi) is 4.91. The van der Waals surface area contributed by atoms with Gasteiger partial charge in [0.05, 0.1) is 0 Å². The Labute approximate surface area is 139 Å². The maximum atomic E-state index is 13.0. The van der Waals surface area contributed by atoms with Gasteiger partial charge in [-0.2, -0.15) is 0 Å². The first-order valence-electron chi connectivity index (χ1n) is 7.40. The van der Waals surface area contributed by atoms with Crippen molar-refractivity contribution in [1.29, 1.82) is 0 Å². The molecule has 2 aromatic rings. The zero-order chi connectivity index (χ0) is 16.2. The van der Waals surface area contributed by atoms with E-state index in [0.29, 0.717) is 18.0 Å². The van der Waals surface area contributed by atoms with Crippen LogP contribution in [0.4, 0.5) is 4.39 Å². The van der Waals surface area contributed by atoms with Crippen LogP contribution in [0.5, 0.6) is 0 Å². The number of hydrogen-bond donors (Lipinski definition) is 3. The van der Waals surface area contributed by atoms with Gasteiger partial charge in [-0.1, -0.05) is 35.9 Å². The minimum atomic E-state index is -0.322. The molecule has 3 rings (SSSR count). The van der Waals surface area contributed by atoms with Crippen molar-refractivity contribution in [3.63, 3.8) is 0 Å². The molecule has 1 aliphatic rings. The Hall–Kier alpha value is -1.95. The Morgan fingerprint density at radius 3 is 2.52 bits per heavy atom. The van der Waals surface area contributed by atoms with Crippen molar-refractivity contribution in [2.24, 2.45) is 0 Å². The minimum absolute atomic E-state index is 0.0121. The molecular formula is C17H17ClFN3O. The Morgan fingerprint density at radius 1 is 1.13 bits per heavy atom. The number of rotatable bonds is 4. The van der Waals surface area contributed by atoms with Gasteiger partial charge in [0, 0.05) is 17.6 Å². The summed E-state index contributed by atoms with van der Waals surface area (Å²) in [5, 5.41) is 3.57. The van der Waals surface area contributed by atoms with E-state index in [9.17, 15) is 9.18 Å². The molecule has 3 N–H and O–H groups in total. The predicted octanol–water partition coefficient (Wildman–Crippen LogP) is 2.70. The monoisotopic (exact) mass is 333 g/mol. The highest BCUT2D eigenvalue weighted by atomic mass is 35.5. The third-order valence-corrected chi connectivity index (χ3v) is 4.12. The number of carbonyl (C=O) groups is 1. The van der Waals surface area contributed by atoms with E-state index in [2.05, 4.69) is 16.2 Å². The molecule has 2 aromatic carbocycles. The highest BCUT2D eigenvalue weighted by Crippen LogP contribution is 2.22. The second-order valence-corrected chi connectivity index (χ2v) is 5.96. The van der Waals surface area contributed by atoms with E-state index in [0.717, 1.165) is 11.1 Å². The third-order valence-electron chi connectivity index (χ3n) is 3.87. The van der Waals surface area contributed by atoms with Crippen molar-refractivity contribution in [2.45, 2.75) is 25.0 Å². The van der Waals surface area contributed by atoms with Crippen LogP contribution in [0.1, 0.15) is 23.6 Å². The lowest BCUT2D eigenvalue weighted by molar-refractivity contribution is -0.123. The Bertz CT molecular complexity index is 675. The lowest BCUT2D eigenvalue weighted by Gasteiger charge is -2.11. The van der Waals surface area contributed by atoms with E-state index in [-0.39, 0.29) is 23.8 Å². The molecule has 1 heterocycles. The van der Waals surface area contributed by atoms with Crippen molar-refractivity contribution in [2.75, 3.05) is 0 Å². The van der Waals surface area contributed by atoms with Crippen LogP contribution in [-0.4, -0.2) is 11.9 Å².